The summed E-state index contributed by atoms with van der Waals surface area (Å²) in [5.74, 6) is -2.31. The van der Waals surface area contributed by atoms with Crippen LogP contribution in [0.3, 0.4) is 0 Å². The number of carbonyl (C=O) groups is 7. The number of Topliss-reactive ketones (excluding diaryl/α,β-unsaturated/α-hetero) is 1. The number of nitrogens with one attached hydrogen (secondary N) is 7. The number of hydrogen-bond acceptors (Lipinski definition) is 10. The zero-order valence-electron chi connectivity index (χ0n) is 47.1. The number of likely N-dealkylation sites (N-methyl/N-ethyl adjacent to an activating group) is 2. The summed E-state index contributed by atoms with van der Waals surface area (Å²) >= 11 is 0. The molecule has 0 bridgehead atoms. The Bertz CT molecular complexity index is 2810. The van der Waals surface area contributed by atoms with Gasteiger partial charge in [0.1, 0.15) is 24.4 Å². The van der Waals surface area contributed by atoms with Crippen molar-refractivity contribution in [1.29, 1.82) is 0 Å². The number of amides is 6. The maximum Gasteiger partial charge on any atom is 0.251 e. The summed E-state index contributed by atoms with van der Waals surface area (Å²) in [7, 11) is 3.37. The van der Waals surface area contributed by atoms with E-state index < -0.39 is 59.4 Å². The molecule has 1 heterocycles. The van der Waals surface area contributed by atoms with Gasteiger partial charge in [0.05, 0.1) is 30.2 Å². The smallest absolute Gasteiger partial charge is 0.251 e. The minimum atomic E-state index is -0.939. The van der Waals surface area contributed by atoms with E-state index in [1.807, 2.05) is 87.5 Å². The van der Waals surface area contributed by atoms with Crippen LogP contribution >= 0.6 is 0 Å². The maximum atomic E-state index is 14.6. The van der Waals surface area contributed by atoms with Crippen molar-refractivity contribution in [3.05, 3.63) is 136 Å². The number of fused-ring (bicyclic) bond motifs is 2. The molecule has 422 valence electrons. The lowest BCUT2D eigenvalue weighted by Crippen LogP contribution is -2.59. The highest BCUT2D eigenvalue weighted by molar-refractivity contribution is 5.97. The first-order valence-corrected chi connectivity index (χ1v) is 28.6. The highest BCUT2D eigenvalue weighted by Crippen LogP contribution is 2.36. The Hall–Kier alpha value is -6.91. The van der Waals surface area contributed by atoms with Crippen molar-refractivity contribution in [2.75, 3.05) is 20.6 Å². The quantitative estimate of drug-likeness (QED) is 0.0510. The third-order valence-electron chi connectivity index (χ3n) is 16.8. The van der Waals surface area contributed by atoms with Crippen LogP contribution in [-0.2, 0) is 54.6 Å². The molecule has 16 nitrogen and oxygen atoms in total. The van der Waals surface area contributed by atoms with E-state index in [0.29, 0.717) is 24.2 Å². The molecule has 8 rings (SSSR count). The van der Waals surface area contributed by atoms with Gasteiger partial charge in [0.15, 0.2) is 5.78 Å². The number of likely N-dealkylation sites (tertiary alicyclic amines) is 1. The molecular formula is C63H82N8O8. The lowest BCUT2D eigenvalue weighted by atomic mass is 9.74. The number of nitrogens with zero attached hydrogens (tertiary/aromatic N) is 1. The van der Waals surface area contributed by atoms with E-state index in [9.17, 15) is 33.6 Å². The fourth-order valence-corrected chi connectivity index (χ4v) is 11.8. The Morgan fingerprint density at radius 3 is 1.75 bits per heavy atom. The Kier molecular flexibility index (Phi) is 19.4. The van der Waals surface area contributed by atoms with Gasteiger partial charge in [0, 0.05) is 30.0 Å². The first-order chi connectivity index (χ1) is 37.9. The second-order valence-electron chi connectivity index (χ2n) is 23.3. The molecule has 0 radical (unpaired) electrons. The van der Waals surface area contributed by atoms with Gasteiger partial charge in [0.2, 0.25) is 29.5 Å². The largest absolute Gasteiger partial charge is 0.489 e. The summed E-state index contributed by atoms with van der Waals surface area (Å²) in [6, 6.07) is 26.2. The Morgan fingerprint density at radius 2 is 1.16 bits per heavy atom. The van der Waals surface area contributed by atoms with Gasteiger partial charge in [-0.05, 0) is 155 Å². The van der Waals surface area contributed by atoms with E-state index in [-0.39, 0.29) is 73.4 Å². The topological polar surface area (TPSA) is 216 Å². The number of hydrogen-bond donors (Lipinski definition) is 7. The van der Waals surface area contributed by atoms with Crippen molar-refractivity contribution in [2.45, 2.75) is 167 Å². The van der Waals surface area contributed by atoms with Gasteiger partial charge < -0.3 is 46.9 Å². The van der Waals surface area contributed by atoms with Crippen LogP contribution in [-0.4, -0.2) is 103 Å². The molecule has 16 heteroatoms. The van der Waals surface area contributed by atoms with E-state index in [1.165, 1.54) is 16.0 Å². The van der Waals surface area contributed by atoms with E-state index >= 15 is 0 Å². The molecule has 4 aliphatic rings. The highest BCUT2D eigenvalue weighted by Gasteiger charge is 2.46. The number of rotatable bonds is 20. The molecule has 0 spiro atoms. The Labute approximate surface area is 466 Å². The average Bonchev–Trinajstić information content (AvgIpc) is 4.06. The van der Waals surface area contributed by atoms with E-state index in [0.717, 1.165) is 73.6 Å². The molecular weight excluding hydrogens is 997 g/mol. The average molecular weight is 1080 g/mol. The van der Waals surface area contributed by atoms with Gasteiger partial charge in [-0.2, -0.15) is 0 Å². The predicted octanol–water partition coefficient (Wildman–Crippen LogP) is 6.50. The molecule has 4 aromatic carbocycles. The van der Waals surface area contributed by atoms with Crippen LogP contribution in [0.1, 0.15) is 148 Å². The van der Waals surface area contributed by atoms with Crippen LogP contribution < -0.4 is 42.0 Å². The number of ether oxygens (including phenoxy) is 1. The van der Waals surface area contributed by atoms with Gasteiger partial charge >= 0.3 is 0 Å². The molecule has 3 aliphatic carbocycles. The molecule has 6 amide bonds. The fourth-order valence-electron chi connectivity index (χ4n) is 11.8. The molecule has 1 saturated carbocycles. The summed E-state index contributed by atoms with van der Waals surface area (Å²) in [6.45, 7) is 9.37. The van der Waals surface area contributed by atoms with Crippen LogP contribution in [0.4, 0.5) is 0 Å². The molecule has 2 fully saturated rings. The highest BCUT2D eigenvalue weighted by atomic mass is 16.5. The third-order valence-corrected chi connectivity index (χ3v) is 16.8. The lowest BCUT2D eigenvalue weighted by Gasteiger charge is -2.36. The van der Waals surface area contributed by atoms with Crippen molar-refractivity contribution >= 4 is 41.2 Å². The number of benzene rings is 4. The van der Waals surface area contributed by atoms with Crippen molar-refractivity contribution in [2.24, 2.45) is 17.3 Å². The van der Waals surface area contributed by atoms with Gasteiger partial charge in [-0.3, -0.25) is 33.6 Å². The molecule has 4 unspecified atom stereocenters. The van der Waals surface area contributed by atoms with Crippen molar-refractivity contribution in [1.82, 2.24) is 42.1 Å². The molecule has 4 aromatic rings. The van der Waals surface area contributed by atoms with Gasteiger partial charge in [0.25, 0.3) is 5.91 Å². The van der Waals surface area contributed by atoms with Gasteiger partial charge in [-0.25, -0.2) is 0 Å². The number of aryl methyl sites for hydroxylation is 2. The fraction of sp³-hybridized carbons (Fsp3) is 0.508. The van der Waals surface area contributed by atoms with E-state index in [1.54, 1.807) is 40.1 Å². The minimum absolute atomic E-state index is 0.0794. The van der Waals surface area contributed by atoms with Crippen LogP contribution in [0.15, 0.2) is 97.1 Å². The lowest BCUT2D eigenvalue weighted by molar-refractivity contribution is -0.144. The van der Waals surface area contributed by atoms with Gasteiger partial charge in [-0.1, -0.05) is 106 Å². The predicted molar refractivity (Wildman–Crippen MR) is 304 cm³/mol. The van der Waals surface area contributed by atoms with E-state index in [4.69, 9.17) is 4.74 Å². The van der Waals surface area contributed by atoms with Crippen LogP contribution in [0.25, 0.3) is 0 Å². The normalized spacial score (nSPS) is 22.3. The van der Waals surface area contributed by atoms with Gasteiger partial charge in [-0.15, -0.1) is 0 Å². The molecule has 0 aromatic heterocycles. The van der Waals surface area contributed by atoms with Crippen molar-refractivity contribution < 1.29 is 38.3 Å². The summed E-state index contributed by atoms with van der Waals surface area (Å²) in [5, 5.41) is 21.5. The van der Waals surface area contributed by atoms with Crippen molar-refractivity contribution in [3.63, 3.8) is 0 Å². The second kappa shape index (κ2) is 26.4. The number of carbonyl (C=O) groups excluding carboxylic acids is 7. The molecule has 79 heavy (non-hydrogen) atoms. The summed E-state index contributed by atoms with van der Waals surface area (Å²) in [6.07, 6.45) is 8.79. The second-order valence-corrected chi connectivity index (χ2v) is 23.3. The molecule has 7 N–H and O–H groups in total. The zero-order chi connectivity index (χ0) is 56.4. The first-order valence-electron chi connectivity index (χ1n) is 28.6. The Morgan fingerprint density at radius 1 is 0.620 bits per heavy atom. The first kappa shape index (κ1) is 58.2. The molecule has 1 aliphatic heterocycles. The van der Waals surface area contributed by atoms with Crippen molar-refractivity contribution in [3.8, 4) is 5.75 Å². The SMILES string of the molecule is CN[C@@H](C)C(=O)NC(Cc1ccc(OCc2ccc(C(=O)N[C@H]3CC(C(=O)N[C@@H]4CCCc5ccccc54)N(C(=O)[C@@H](NC(=O)[C@H](C)NC)C(C)(C)C)C3)cc2)cc1)C(=O)C1CCCC[C@@H]1C(=O)NC1CCCc2ccccc21. The van der Waals surface area contributed by atoms with E-state index in [2.05, 4.69) is 55.4 Å². The summed E-state index contributed by atoms with van der Waals surface area (Å²) in [5.41, 5.74) is 6.01. The molecule has 10 atom stereocenters. The minimum Gasteiger partial charge on any atom is -0.489 e. The Balaban J connectivity index is 0.892. The maximum absolute atomic E-state index is 14.6. The monoisotopic (exact) mass is 1080 g/mol. The van der Waals surface area contributed by atoms with Crippen LogP contribution in [0.2, 0.25) is 0 Å². The van der Waals surface area contributed by atoms with Crippen LogP contribution in [0, 0.1) is 17.3 Å². The summed E-state index contributed by atoms with van der Waals surface area (Å²) in [4.78, 5) is 99.5. The summed E-state index contributed by atoms with van der Waals surface area (Å²) < 4.78 is 6.17. The standard InChI is InChI=1S/C63H82N8O8/c1-38(64-6)57(73)69-53(55(72)49-22-12-13-23-50(49)60(76)67-51-24-14-18-42-16-8-10-20-47(42)51)34-40-28-32-46(33-29-40)79-37-41-26-30-44(31-27-41)59(75)66-45-35-54(61(77)68-52-25-15-19-43-17-9-11-21-48(43)52)71(36-45)62(78)56(63(3,4)5)70-58(74)39(2)65-7/h8-11,16-17,20-21,26-33,38-39,45,49-54,56,64-65H,12-15,18-19,22-25,34-37H2,1-7H3,(H,66,75)(H,67,76)(H,68,77)(H,69,73)(H,70,74)/t38-,39-,45-,49?,50-,51?,52+,53?,54?,56+/m0/s1. The molecule has 1 saturated heterocycles. The zero-order valence-corrected chi connectivity index (χ0v) is 47.1. The third kappa shape index (κ3) is 14.5. The van der Waals surface area contributed by atoms with Crippen LogP contribution in [0.5, 0.6) is 5.75 Å². The number of ketones is 1.